The number of hydrogen-bond donors (Lipinski definition) is 0. The summed E-state index contributed by atoms with van der Waals surface area (Å²) in [6, 6.07) is 9.73. The number of nitrogens with zero attached hydrogens (tertiary/aromatic N) is 4. The van der Waals surface area contributed by atoms with Gasteiger partial charge in [-0.1, -0.05) is 35.5 Å². The quantitative estimate of drug-likeness (QED) is 0.705. The average molecular weight is 364 g/mol. The van der Waals surface area contributed by atoms with E-state index in [4.69, 9.17) is 4.52 Å². The minimum Gasteiger partial charge on any atom is -0.360 e. The summed E-state index contributed by atoms with van der Waals surface area (Å²) in [6.45, 7) is 6.24. The third-order valence-electron chi connectivity index (χ3n) is 5.29. The molecule has 1 aliphatic heterocycles. The Morgan fingerprint density at radius 3 is 2.89 bits per heavy atom. The van der Waals surface area contributed by atoms with Crippen molar-refractivity contribution < 1.29 is 9.32 Å². The first kappa shape index (κ1) is 17.5. The van der Waals surface area contributed by atoms with Crippen molar-refractivity contribution in [2.45, 2.75) is 39.2 Å². The van der Waals surface area contributed by atoms with E-state index in [0.717, 1.165) is 37.3 Å². The molecule has 1 aliphatic rings. The second-order valence-electron chi connectivity index (χ2n) is 6.99. The van der Waals surface area contributed by atoms with E-state index in [2.05, 4.69) is 21.6 Å². The molecule has 6 nitrogen and oxygen atoms in total. The minimum absolute atomic E-state index is 0.00749. The van der Waals surface area contributed by atoms with Crippen molar-refractivity contribution in [3.63, 3.8) is 0 Å². The lowest BCUT2D eigenvalue weighted by Gasteiger charge is -2.32. The van der Waals surface area contributed by atoms with Crippen LogP contribution in [0.25, 0.3) is 11.3 Å². The van der Waals surface area contributed by atoms with Crippen LogP contribution in [0.2, 0.25) is 0 Å². The average Bonchev–Trinajstić information content (AvgIpc) is 3.34. The summed E-state index contributed by atoms with van der Waals surface area (Å²) >= 11 is 0. The number of amides is 1. The van der Waals surface area contributed by atoms with E-state index in [1.807, 2.05) is 47.6 Å². The topological polar surface area (TPSA) is 64.2 Å². The van der Waals surface area contributed by atoms with Gasteiger partial charge in [-0.15, -0.1) is 0 Å². The lowest BCUT2D eigenvalue weighted by atomic mass is 9.95. The largest absolute Gasteiger partial charge is 0.360 e. The summed E-state index contributed by atoms with van der Waals surface area (Å²) in [5.41, 5.74) is 2.09. The van der Waals surface area contributed by atoms with Gasteiger partial charge >= 0.3 is 0 Å². The maximum absolute atomic E-state index is 13.3. The van der Waals surface area contributed by atoms with Crippen molar-refractivity contribution in [3.05, 3.63) is 59.9 Å². The number of likely N-dealkylation sites (tertiary alicyclic amines) is 1. The molecule has 1 saturated heterocycles. The van der Waals surface area contributed by atoms with E-state index in [-0.39, 0.29) is 11.8 Å². The lowest BCUT2D eigenvalue weighted by molar-refractivity contribution is 0.0702. The van der Waals surface area contributed by atoms with Gasteiger partial charge in [0.25, 0.3) is 5.91 Å². The highest BCUT2D eigenvalue weighted by molar-refractivity contribution is 6.00. The van der Waals surface area contributed by atoms with Crippen LogP contribution in [0.15, 0.2) is 47.2 Å². The molecule has 1 fully saturated rings. The Hall–Kier alpha value is -2.89. The molecule has 3 aromatic rings. The van der Waals surface area contributed by atoms with E-state index in [1.165, 1.54) is 0 Å². The summed E-state index contributed by atoms with van der Waals surface area (Å²) in [5, 5.41) is 4.16. The van der Waals surface area contributed by atoms with Gasteiger partial charge in [0.05, 0.1) is 0 Å². The molecular weight excluding hydrogens is 340 g/mol. The molecule has 3 heterocycles. The maximum atomic E-state index is 13.3. The second-order valence-corrected chi connectivity index (χ2v) is 6.99. The van der Waals surface area contributed by atoms with Gasteiger partial charge < -0.3 is 14.0 Å². The third kappa shape index (κ3) is 3.27. The molecule has 0 N–H and O–H groups in total. The number of carbonyl (C=O) groups excluding carboxylic acids is 1. The fraction of sp³-hybridized carbons (Fsp3) is 0.381. The van der Waals surface area contributed by atoms with Crippen LogP contribution in [0.3, 0.4) is 0 Å². The van der Waals surface area contributed by atoms with Gasteiger partial charge in [0.1, 0.15) is 22.8 Å². The van der Waals surface area contributed by atoms with Gasteiger partial charge in [-0.25, -0.2) is 4.98 Å². The Morgan fingerprint density at radius 1 is 1.30 bits per heavy atom. The van der Waals surface area contributed by atoms with E-state index in [1.54, 1.807) is 6.92 Å². The molecule has 2 aromatic heterocycles. The smallest absolute Gasteiger partial charge is 0.259 e. The van der Waals surface area contributed by atoms with E-state index in [0.29, 0.717) is 23.6 Å². The molecule has 6 heteroatoms. The van der Waals surface area contributed by atoms with Gasteiger partial charge in [-0.2, -0.15) is 0 Å². The minimum atomic E-state index is -0.00749. The molecule has 1 amide bonds. The number of carbonyl (C=O) groups is 1. The van der Waals surface area contributed by atoms with Crippen molar-refractivity contribution >= 4 is 5.91 Å². The molecule has 1 atom stereocenters. The van der Waals surface area contributed by atoms with E-state index in [9.17, 15) is 4.79 Å². The van der Waals surface area contributed by atoms with E-state index < -0.39 is 0 Å². The standard InChI is InChI=1S/C21H24N4O2/c1-3-24-13-11-22-20(24)17-10-7-12-25(14-17)21(26)18-15(2)27-23-19(18)16-8-5-4-6-9-16/h4-6,8-9,11,13,17H,3,7,10,12,14H2,1-2H3. The van der Waals surface area contributed by atoms with Crippen molar-refractivity contribution in [2.75, 3.05) is 13.1 Å². The van der Waals surface area contributed by atoms with Crippen molar-refractivity contribution in [1.82, 2.24) is 19.6 Å². The number of hydrogen-bond acceptors (Lipinski definition) is 4. The second kappa shape index (κ2) is 7.39. The van der Waals surface area contributed by atoms with Gasteiger partial charge in [-0.05, 0) is 26.7 Å². The van der Waals surface area contributed by atoms with Crippen molar-refractivity contribution in [2.24, 2.45) is 0 Å². The summed E-state index contributed by atoms with van der Waals surface area (Å²) in [5.74, 6) is 1.89. The highest BCUT2D eigenvalue weighted by Gasteiger charge is 2.31. The predicted octanol–water partition coefficient (Wildman–Crippen LogP) is 3.89. The molecule has 0 aliphatic carbocycles. The molecular formula is C21H24N4O2. The molecule has 0 bridgehead atoms. The van der Waals surface area contributed by atoms with Crippen LogP contribution in [0.5, 0.6) is 0 Å². The molecule has 0 spiro atoms. The van der Waals surface area contributed by atoms with Gasteiger partial charge in [0, 0.05) is 43.5 Å². The highest BCUT2D eigenvalue weighted by Crippen LogP contribution is 2.30. The van der Waals surface area contributed by atoms with Crippen LogP contribution < -0.4 is 0 Å². The Bertz CT molecular complexity index is 929. The van der Waals surface area contributed by atoms with E-state index >= 15 is 0 Å². The number of imidazole rings is 1. The monoisotopic (exact) mass is 364 g/mol. The Morgan fingerprint density at radius 2 is 2.11 bits per heavy atom. The summed E-state index contributed by atoms with van der Waals surface area (Å²) in [4.78, 5) is 19.8. The lowest BCUT2D eigenvalue weighted by Crippen LogP contribution is -2.40. The number of aromatic nitrogens is 3. The SMILES string of the molecule is CCn1ccnc1C1CCCN(C(=O)c2c(-c3ccccc3)noc2C)C1. The van der Waals surface area contributed by atoms with Gasteiger partial charge in [0.15, 0.2) is 0 Å². The predicted molar refractivity (Wildman–Crippen MR) is 102 cm³/mol. The third-order valence-corrected chi connectivity index (χ3v) is 5.29. The van der Waals surface area contributed by atoms with Crippen LogP contribution in [0.1, 0.15) is 47.6 Å². The van der Waals surface area contributed by atoms with Crippen LogP contribution in [0.4, 0.5) is 0 Å². The fourth-order valence-corrected chi connectivity index (χ4v) is 3.90. The zero-order valence-corrected chi connectivity index (χ0v) is 15.8. The van der Waals surface area contributed by atoms with Crippen molar-refractivity contribution in [3.8, 4) is 11.3 Å². The maximum Gasteiger partial charge on any atom is 0.259 e. The summed E-state index contributed by atoms with van der Waals surface area (Å²) in [7, 11) is 0. The highest BCUT2D eigenvalue weighted by atomic mass is 16.5. The number of aryl methyl sites for hydroxylation is 2. The normalized spacial score (nSPS) is 17.3. The first-order valence-electron chi connectivity index (χ1n) is 9.51. The molecule has 1 aromatic carbocycles. The van der Waals surface area contributed by atoms with Crippen molar-refractivity contribution in [1.29, 1.82) is 0 Å². The van der Waals surface area contributed by atoms with Crippen LogP contribution >= 0.6 is 0 Å². The van der Waals surface area contributed by atoms with Crippen LogP contribution in [-0.4, -0.2) is 38.6 Å². The molecule has 4 rings (SSSR count). The Balaban J connectivity index is 1.61. The summed E-state index contributed by atoms with van der Waals surface area (Å²) < 4.78 is 7.55. The number of rotatable bonds is 4. The molecule has 1 unspecified atom stereocenters. The first-order valence-corrected chi connectivity index (χ1v) is 9.51. The summed E-state index contributed by atoms with van der Waals surface area (Å²) in [6.07, 6.45) is 5.87. The number of benzene rings is 1. The Kier molecular flexibility index (Phi) is 4.79. The zero-order chi connectivity index (χ0) is 18.8. The Labute approximate surface area is 158 Å². The molecule has 27 heavy (non-hydrogen) atoms. The van der Waals surface area contributed by atoms with Crippen LogP contribution in [-0.2, 0) is 6.54 Å². The number of piperidine rings is 1. The molecule has 140 valence electrons. The first-order chi connectivity index (χ1) is 13.2. The zero-order valence-electron chi connectivity index (χ0n) is 15.8. The van der Waals surface area contributed by atoms with Gasteiger partial charge in [0.2, 0.25) is 0 Å². The van der Waals surface area contributed by atoms with Crippen LogP contribution in [0, 0.1) is 6.92 Å². The molecule has 0 radical (unpaired) electrons. The molecule has 0 saturated carbocycles. The fourth-order valence-electron chi connectivity index (χ4n) is 3.90. The van der Waals surface area contributed by atoms with Gasteiger partial charge in [-0.3, -0.25) is 4.79 Å².